The molecule has 0 amide bonds. The number of pyridine rings is 1. The molecule has 2 heterocycles. The van der Waals surface area contributed by atoms with Gasteiger partial charge in [0, 0.05) is 24.8 Å². The number of rotatable bonds is 2. The predicted octanol–water partition coefficient (Wildman–Crippen LogP) is 1.80. The van der Waals surface area contributed by atoms with Crippen LogP contribution in [0.4, 0.5) is 0 Å². The summed E-state index contributed by atoms with van der Waals surface area (Å²) < 4.78 is 0. The second-order valence-electron chi connectivity index (χ2n) is 4.25. The van der Waals surface area contributed by atoms with Gasteiger partial charge in [-0.05, 0) is 24.9 Å². The molecule has 0 bridgehead atoms. The maximum atomic E-state index is 8.91. The lowest BCUT2D eigenvalue weighted by Crippen LogP contribution is -2.20. The highest BCUT2D eigenvalue weighted by Gasteiger charge is 2.19. The molecule has 0 saturated carbocycles. The second kappa shape index (κ2) is 4.41. The van der Waals surface area contributed by atoms with Gasteiger partial charge in [0.2, 0.25) is 0 Å². The number of nitrogens with zero attached hydrogens (tertiary/aromatic N) is 3. The summed E-state index contributed by atoms with van der Waals surface area (Å²) in [5.41, 5.74) is 1.62. The lowest BCUT2D eigenvalue weighted by molar-refractivity contribution is 0.319. The summed E-state index contributed by atoms with van der Waals surface area (Å²) >= 11 is 0. The van der Waals surface area contributed by atoms with Crippen molar-refractivity contribution in [3.8, 4) is 6.07 Å². The molecule has 0 aromatic carbocycles. The van der Waals surface area contributed by atoms with Gasteiger partial charge in [0.25, 0.3) is 0 Å². The van der Waals surface area contributed by atoms with Crippen LogP contribution in [0.15, 0.2) is 18.3 Å². The summed E-state index contributed by atoms with van der Waals surface area (Å²) in [6, 6.07) is 6.04. The molecule has 0 N–H and O–H groups in total. The molecule has 15 heavy (non-hydrogen) atoms. The van der Waals surface area contributed by atoms with E-state index in [9.17, 15) is 0 Å². The number of aromatic nitrogens is 1. The molecule has 2 rings (SSSR count). The lowest BCUT2D eigenvalue weighted by atomic mass is 10.2. The number of nitriles is 1. The molecule has 1 aliphatic rings. The van der Waals surface area contributed by atoms with Crippen LogP contribution < -0.4 is 0 Å². The first-order valence-corrected chi connectivity index (χ1v) is 5.36. The van der Waals surface area contributed by atoms with E-state index in [2.05, 4.69) is 22.9 Å². The van der Waals surface area contributed by atoms with Crippen molar-refractivity contribution in [1.82, 2.24) is 9.88 Å². The van der Waals surface area contributed by atoms with Gasteiger partial charge in [-0.2, -0.15) is 5.26 Å². The molecule has 0 aliphatic carbocycles. The Kier molecular flexibility index (Phi) is 2.98. The normalized spacial score (nSPS) is 21.5. The van der Waals surface area contributed by atoms with Gasteiger partial charge in [0.05, 0.1) is 0 Å². The van der Waals surface area contributed by atoms with Crippen LogP contribution in [0.25, 0.3) is 0 Å². The van der Waals surface area contributed by atoms with Crippen molar-refractivity contribution in [1.29, 1.82) is 5.26 Å². The SMILES string of the molecule is CC1CCN(Cc2cccnc2C#N)C1. The minimum Gasteiger partial charge on any atom is -0.299 e. The Hall–Kier alpha value is -1.40. The smallest absolute Gasteiger partial charge is 0.144 e. The van der Waals surface area contributed by atoms with Gasteiger partial charge in [0.15, 0.2) is 0 Å². The monoisotopic (exact) mass is 201 g/mol. The van der Waals surface area contributed by atoms with Gasteiger partial charge in [-0.25, -0.2) is 4.98 Å². The van der Waals surface area contributed by atoms with Gasteiger partial charge in [-0.15, -0.1) is 0 Å². The first kappa shape index (κ1) is 10.1. The Balaban J connectivity index is 2.08. The molecular formula is C12H15N3. The van der Waals surface area contributed by atoms with E-state index in [1.807, 2.05) is 12.1 Å². The van der Waals surface area contributed by atoms with E-state index in [0.29, 0.717) is 5.69 Å². The summed E-state index contributed by atoms with van der Waals surface area (Å²) in [7, 11) is 0. The van der Waals surface area contributed by atoms with Crippen LogP contribution in [0.3, 0.4) is 0 Å². The van der Waals surface area contributed by atoms with Crippen LogP contribution >= 0.6 is 0 Å². The molecule has 1 atom stereocenters. The summed E-state index contributed by atoms with van der Waals surface area (Å²) in [6.07, 6.45) is 2.94. The first-order chi connectivity index (χ1) is 7.29. The summed E-state index contributed by atoms with van der Waals surface area (Å²) in [6.45, 7) is 5.41. The molecule has 1 aromatic rings. The van der Waals surface area contributed by atoms with Crippen molar-refractivity contribution in [2.24, 2.45) is 5.92 Å². The molecule has 3 nitrogen and oxygen atoms in total. The zero-order valence-corrected chi connectivity index (χ0v) is 8.98. The Morgan fingerprint density at radius 2 is 2.53 bits per heavy atom. The van der Waals surface area contributed by atoms with Gasteiger partial charge >= 0.3 is 0 Å². The van der Waals surface area contributed by atoms with Gasteiger partial charge < -0.3 is 0 Å². The van der Waals surface area contributed by atoms with E-state index in [-0.39, 0.29) is 0 Å². The Labute approximate surface area is 90.4 Å². The highest BCUT2D eigenvalue weighted by Crippen LogP contribution is 2.18. The van der Waals surface area contributed by atoms with Crippen molar-refractivity contribution in [2.45, 2.75) is 19.9 Å². The van der Waals surface area contributed by atoms with E-state index in [0.717, 1.165) is 31.1 Å². The molecule has 78 valence electrons. The van der Waals surface area contributed by atoms with Crippen molar-refractivity contribution >= 4 is 0 Å². The minimum absolute atomic E-state index is 0.567. The van der Waals surface area contributed by atoms with Crippen molar-refractivity contribution in [2.75, 3.05) is 13.1 Å². The molecule has 1 aromatic heterocycles. The van der Waals surface area contributed by atoms with Crippen molar-refractivity contribution in [3.63, 3.8) is 0 Å². The largest absolute Gasteiger partial charge is 0.299 e. The van der Waals surface area contributed by atoms with Crippen LogP contribution in [0, 0.1) is 17.2 Å². The van der Waals surface area contributed by atoms with Crippen LogP contribution in [-0.2, 0) is 6.54 Å². The standard InChI is InChI=1S/C12H15N3/c1-10-4-6-15(8-10)9-11-3-2-5-14-12(11)7-13/h2-3,5,10H,4,6,8-9H2,1H3. The fraction of sp³-hybridized carbons (Fsp3) is 0.500. The predicted molar refractivity (Wildman–Crippen MR) is 58.0 cm³/mol. The Morgan fingerprint density at radius 1 is 1.67 bits per heavy atom. The third kappa shape index (κ3) is 2.34. The van der Waals surface area contributed by atoms with Crippen molar-refractivity contribution < 1.29 is 0 Å². The van der Waals surface area contributed by atoms with Crippen LogP contribution in [-0.4, -0.2) is 23.0 Å². The summed E-state index contributed by atoms with van der Waals surface area (Å²) in [5, 5.41) is 8.91. The van der Waals surface area contributed by atoms with E-state index < -0.39 is 0 Å². The zero-order chi connectivity index (χ0) is 10.7. The Morgan fingerprint density at radius 3 is 3.20 bits per heavy atom. The highest BCUT2D eigenvalue weighted by molar-refractivity contribution is 5.30. The van der Waals surface area contributed by atoms with Gasteiger partial charge in [-0.1, -0.05) is 13.0 Å². The fourth-order valence-electron chi connectivity index (χ4n) is 2.08. The quantitative estimate of drug-likeness (QED) is 0.732. The summed E-state index contributed by atoms with van der Waals surface area (Å²) in [5.74, 6) is 0.784. The summed E-state index contributed by atoms with van der Waals surface area (Å²) in [4.78, 5) is 6.46. The van der Waals surface area contributed by atoms with Crippen LogP contribution in [0.2, 0.25) is 0 Å². The zero-order valence-electron chi connectivity index (χ0n) is 8.98. The topological polar surface area (TPSA) is 39.9 Å². The van der Waals surface area contributed by atoms with E-state index in [1.165, 1.54) is 6.42 Å². The third-order valence-corrected chi connectivity index (χ3v) is 2.90. The molecular weight excluding hydrogens is 186 g/mol. The average Bonchev–Trinajstić information content (AvgIpc) is 2.65. The number of likely N-dealkylation sites (tertiary alicyclic amines) is 1. The lowest BCUT2D eigenvalue weighted by Gasteiger charge is -2.15. The van der Waals surface area contributed by atoms with Crippen LogP contribution in [0.1, 0.15) is 24.6 Å². The number of hydrogen-bond acceptors (Lipinski definition) is 3. The minimum atomic E-state index is 0.567. The second-order valence-corrected chi connectivity index (χ2v) is 4.25. The molecule has 0 spiro atoms. The van der Waals surface area contributed by atoms with E-state index in [4.69, 9.17) is 5.26 Å². The molecule has 0 radical (unpaired) electrons. The molecule has 1 fully saturated rings. The van der Waals surface area contributed by atoms with E-state index >= 15 is 0 Å². The molecule has 1 saturated heterocycles. The number of hydrogen-bond donors (Lipinski definition) is 0. The average molecular weight is 201 g/mol. The van der Waals surface area contributed by atoms with E-state index in [1.54, 1.807) is 6.20 Å². The fourth-order valence-corrected chi connectivity index (χ4v) is 2.08. The van der Waals surface area contributed by atoms with Gasteiger partial charge in [-0.3, -0.25) is 4.90 Å². The Bertz CT molecular complexity index is 381. The molecule has 3 heteroatoms. The maximum absolute atomic E-state index is 8.91. The van der Waals surface area contributed by atoms with Crippen LogP contribution in [0.5, 0.6) is 0 Å². The van der Waals surface area contributed by atoms with Gasteiger partial charge in [0.1, 0.15) is 11.8 Å². The molecule has 1 unspecified atom stereocenters. The third-order valence-electron chi connectivity index (χ3n) is 2.90. The van der Waals surface area contributed by atoms with Crippen molar-refractivity contribution in [3.05, 3.63) is 29.6 Å². The highest BCUT2D eigenvalue weighted by atomic mass is 15.1. The molecule has 1 aliphatic heterocycles. The maximum Gasteiger partial charge on any atom is 0.144 e. The first-order valence-electron chi connectivity index (χ1n) is 5.36.